The fourth-order valence-corrected chi connectivity index (χ4v) is 3.13. The molecule has 0 amide bonds. The van der Waals surface area contributed by atoms with Gasteiger partial charge in [0.2, 0.25) is 0 Å². The first kappa shape index (κ1) is 12.2. The predicted molar refractivity (Wildman–Crippen MR) is 82.2 cm³/mol. The highest BCUT2D eigenvalue weighted by molar-refractivity contribution is 7.19. The van der Waals surface area contributed by atoms with Crippen molar-refractivity contribution in [1.29, 1.82) is 0 Å². The number of aromatic hydroxyl groups is 1. The van der Waals surface area contributed by atoms with E-state index in [1.165, 1.54) is 11.3 Å². The molecule has 0 aliphatic rings. The third-order valence-corrected chi connectivity index (χ3v) is 4.16. The first-order chi connectivity index (χ1) is 9.24. The molecule has 4 heteroatoms. The van der Waals surface area contributed by atoms with Gasteiger partial charge in [0, 0.05) is 17.0 Å². The standard InChI is InChI=1S/C15H10ClNOS/c16-15-13-4-2-1-3-12(13)14(19-15)9-17-10-5-7-11(18)8-6-10/h1-9,18H. The van der Waals surface area contributed by atoms with Crippen LogP contribution in [0, 0.1) is 0 Å². The Morgan fingerprint density at radius 3 is 2.42 bits per heavy atom. The molecule has 0 spiro atoms. The quantitative estimate of drug-likeness (QED) is 0.660. The van der Waals surface area contributed by atoms with E-state index >= 15 is 0 Å². The maximum absolute atomic E-state index is 9.22. The summed E-state index contributed by atoms with van der Waals surface area (Å²) in [5, 5.41) is 11.4. The highest BCUT2D eigenvalue weighted by atomic mass is 35.5. The minimum absolute atomic E-state index is 0.239. The van der Waals surface area contributed by atoms with Gasteiger partial charge in [-0.1, -0.05) is 35.9 Å². The van der Waals surface area contributed by atoms with Crippen LogP contribution in [0.3, 0.4) is 0 Å². The summed E-state index contributed by atoms with van der Waals surface area (Å²) in [6, 6.07) is 14.8. The molecule has 19 heavy (non-hydrogen) atoms. The third kappa shape index (κ3) is 2.48. The van der Waals surface area contributed by atoms with Crippen molar-refractivity contribution in [2.24, 2.45) is 4.99 Å². The van der Waals surface area contributed by atoms with Crippen LogP contribution >= 0.6 is 22.9 Å². The average molecular weight is 288 g/mol. The Labute approximate surface area is 119 Å². The minimum Gasteiger partial charge on any atom is -0.508 e. The third-order valence-electron chi connectivity index (χ3n) is 2.78. The zero-order chi connectivity index (χ0) is 13.2. The van der Waals surface area contributed by atoms with E-state index in [2.05, 4.69) is 4.99 Å². The van der Waals surface area contributed by atoms with Gasteiger partial charge >= 0.3 is 0 Å². The van der Waals surface area contributed by atoms with Gasteiger partial charge in [-0.3, -0.25) is 4.99 Å². The number of fused-ring (bicyclic) bond motifs is 1. The number of phenolic OH excluding ortho intramolecular Hbond substituents is 1. The van der Waals surface area contributed by atoms with Gasteiger partial charge in [0.1, 0.15) is 10.1 Å². The molecular formula is C15H10ClNOS. The van der Waals surface area contributed by atoms with Crippen LogP contribution in [0.1, 0.15) is 4.88 Å². The maximum atomic E-state index is 9.22. The topological polar surface area (TPSA) is 32.6 Å². The molecule has 0 aliphatic carbocycles. The molecule has 0 unspecified atom stereocenters. The molecule has 2 aromatic carbocycles. The summed E-state index contributed by atoms with van der Waals surface area (Å²) in [7, 11) is 0. The second-order valence-electron chi connectivity index (χ2n) is 4.06. The van der Waals surface area contributed by atoms with Crippen LogP contribution < -0.4 is 0 Å². The van der Waals surface area contributed by atoms with Crippen LogP contribution in [-0.4, -0.2) is 11.3 Å². The first-order valence-corrected chi connectivity index (χ1v) is 6.93. The Kier molecular flexibility index (Phi) is 3.23. The number of aliphatic imine (C=N–C) groups is 1. The smallest absolute Gasteiger partial charge is 0.115 e. The molecule has 1 N–H and O–H groups in total. The van der Waals surface area contributed by atoms with Gasteiger partial charge in [0.25, 0.3) is 0 Å². The molecule has 1 heterocycles. The summed E-state index contributed by atoms with van der Waals surface area (Å²) in [6.07, 6.45) is 1.81. The number of hydrogen-bond donors (Lipinski definition) is 1. The summed E-state index contributed by atoms with van der Waals surface area (Å²) in [5.41, 5.74) is 0.798. The largest absolute Gasteiger partial charge is 0.508 e. The molecule has 0 atom stereocenters. The zero-order valence-corrected chi connectivity index (χ0v) is 11.4. The van der Waals surface area contributed by atoms with Gasteiger partial charge in [0.15, 0.2) is 0 Å². The molecule has 0 aliphatic heterocycles. The van der Waals surface area contributed by atoms with Crippen molar-refractivity contribution in [2.75, 3.05) is 0 Å². The summed E-state index contributed by atoms with van der Waals surface area (Å²) in [5.74, 6) is 0.239. The van der Waals surface area contributed by atoms with Crippen LogP contribution in [0.4, 0.5) is 5.69 Å². The van der Waals surface area contributed by atoms with Crippen LogP contribution in [-0.2, 0) is 0 Å². The molecule has 1 aromatic heterocycles. The Hall–Kier alpha value is -1.84. The zero-order valence-electron chi connectivity index (χ0n) is 9.88. The van der Waals surface area contributed by atoms with Gasteiger partial charge in [0.05, 0.1) is 10.6 Å². The van der Waals surface area contributed by atoms with Crippen LogP contribution in [0.2, 0.25) is 4.34 Å². The SMILES string of the molecule is Oc1ccc(N=Cc2sc(Cl)c3ccccc23)cc1. The summed E-state index contributed by atoms with van der Waals surface area (Å²) in [6.45, 7) is 0. The molecule has 3 rings (SSSR count). The Bertz CT molecular complexity index is 746. The van der Waals surface area contributed by atoms with Crippen molar-refractivity contribution < 1.29 is 5.11 Å². The van der Waals surface area contributed by atoms with E-state index in [0.29, 0.717) is 0 Å². The lowest BCUT2D eigenvalue weighted by atomic mass is 10.2. The minimum atomic E-state index is 0.239. The normalized spacial score (nSPS) is 11.4. The second kappa shape index (κ2) is 5.03. The molecular weight excluding hydrogens is 278 g/mol. The fourth-order valence-electron chi connectivity index (χ4n) is 1.84. The lowest BCUT2D eigenvalue weighted by Gasteiger charge is -1.94. The van der Waals surface area contributed by atoms with Crippen molar-refractivity contribution in [2.45, 2.75) is 0 Å². The lowest BCUT2D eigenvalue weighted by Crippen LogP contribution is -1.75. The highest BCUT2D eigenvalue weighted by Crippen LogP contribution is 2.34. The van der Waals surface area contributed by atoms with Gasteiger partial charge < -0.3 is 5.11 Å². The van der Waals surface area contributed by atoms with Crippen molar-refractivity contribution in [1.82, 2.24) is 0 Å². The number of rotatable bonds is 2. The van der Waals surface area contributed by atoms with E-state index in [0.717, 1.165) is 25.7 Å². The van der Waals surface area contributed by atoms with E-state index < -0.39 is 0 Å². The predicted octanol–water partition coefficient (Wildman–Crippen LogP) is 5.01. The van der Waals surface area contributed by atoms with E-state index in [9.17, 15) is 5.11 Å². The molecule has 2 nitrogen and oxygen atoms in total. The molecule has 0 saturated carbocycles. The average Bonchev–Trinajstić information content (AvgIpc) is 2.76. The van der Waals surface area contributed by atoms with Crippen molar-refractivity contribution >= 4 is 45.6 Å². The fraction of sp³-hybridized carbons (Fsp3) is 0. The van der Waals surface area contributed by atoms with Crippen LogP contribution in [0.5, 0.6) is 5.75 Å². The summed E-state index contributed by atoms with van der Waals surface area (Å²) < 4.78 is 0.780. The highest BCUT2D eigenvalue weighted by Gasteiger charge is 2.06. The number of thiophene rings is 1. The molecule has 3 aromatic rings. The Morgan fingerprint density at radius 1 is 1.00 bits per heavy atom. The first-order valence-electron chi connectivity index (χ1n) is 5.74. The summed E-state index contributed by atoms with van der Waals surface area (Å²) in [4.78, 5) is 5.43. The van der Waals surface area contributed by atoms with Crippen molar-refractivity contribution in [3.8, 4) is 5.75 Å². The van der Waals surface area contributed by atoms with Crippen molar-refractivity contribution in [3.63, 3.8) is 0 Å². The van der Waals surface area contributed by atoms with Crippen LogP contribution in [0.25, 0.3) is 10.8 Å². The number of hydrogen-bond acceptors (Lipinski definition) is 3. The van der Waals surface area contributed by atoms with E-state index in [1.54, 1.807) is 24.3 Å². The molecule has 94 valence electrons. The Balaban J connectivity index is 1.99. The van der Waals surface area contributed by atoms with Gasteiger partial charge in [-0.25, -0.2) is 0 Å². The number of phenols is 1. The molecule has 0 fully saturated rings. The molecule has 0 saturated heterocycles. The number of benzene rings is 2. The maximum Gasteiger partial charge on any atom is 0.115 e. The second-order valence-corrected chi connectivity index (χ2v) is 5.71. The monoisotopic (exact) mass is 287 g/mol. The van der Waals surface area contributed by atoms with E-state index in [4.69, 9.17) is 11.6 Å². The van der Waals surface area contributed by atoms with Crippen LogP contribution in [0.15, 0.2) is 53.5 Å². The number of nitrogens with zero attached hydrogens (tertiary/aromatic N) is 1. The molecule has 0 bridgehead atoms. The van der Waals surface area contributed by atoms with Gasteiger partial charge in [-0.05, 0) is 24.3 Å². The Morgan fingerprint density at radius 2 is 1.68 bits per heavy atom. The lowest BCUT2D eigenvalue weighted by molar-refractivity contribution is 0.475. The molecule has 0 radical (unpaired) electrons. The summed E-state index contributed by atoms with van der Waals surface area (Å²) >= 11 is 7.72. The number of halogens is 1. The van der Waals surface area contributed by atoms with E-state index in [1.807, 2.05) is 30.5 Å². The van der Waals surface area contributed by atoms with Gasteiger partial charge in [-0.15, -0.1) is 11.3 Å². The van der Waals surface area contributed by atoms with E-state index in [-0.39, 0.29) is 5.75 Å². The van der Waals surface area contributed by atoms with Crippen molar-refractivity contribution in [3.05, 3.63) is 57.7 Å². The van der Waals surface area contributed by atoms with Gasteiger partial charge in [-0.2, -0.15) is 0 Å².